The van der Waals surface area contributed by atoms with E-state index in [2.05, 4.69) is 5.32 Å². The predicted molar refractivity (Wildman–Crippen MR) is 104 cm³/mol. The van der Waals surface area contributed by atoms with Crippen molar-refractivity contribution >= 4 is 23.4 Å². The number of nitrogens with one attached hydrogen (secondary N) is 1. The highest BCUT2D eigenvalue weighted by Gasteiger charge is 2.18. The molecule has 0 atom stereocenters. The molecule has 3 rings (SSSR count). The summed E-state index contributed by atoms with van der Waals surface area (Å²) < 4.78 is 18.8. The van der Waals surface area contributed by atoms with Gasteiger partial charge in [0.1, 0.15) is 29.0 Å². The van der Waals surface area contributed by atoms with Crippen molar-refractivity contribution in [1.82, 2.24) is 0 Å². The van der Waals surface area contributed by atoms with E-state index in [9.17, 15) is 24.6 Å². The number of benzene rings is 2. The third-order valence-electron chi connectivity index (χ3n) is 3.98. The molecule has 0 spiro atoms. The molecule has 144 valence electrons. The Morgan fingerprint density at radius 2 is 2.03 bits per heavy atom. The molecule has 1 N–H and O–H groups in total. The van der Waals surface area contributed by atoms with Crippen molar-refractivity contribution in [3.8, 4) is 17.4 Å². The van der Waals surface area contributed by atoms with E-state index >= 15 is 0 Å². The number of nitrogens with zero attached hydrogens (tertiary/aromatic N) is 2. The summed E-state index contributed by atoms with van der Waals surface area (Å²) in [5.74, 6) is -0.871. The first-order valence-corrected chi connectivity index (χ1v) is 8.41. The van der Waals surface area contributed by atoms with Gasteiger partial charge in [-0.2, -0.15) is 5.26 Å². The molecule has 0 aliphatic carbocycles. The quantitative estimate of drug-likeness (QED) is 0.289. The number of halogens is 1. The van der Waals surface area contributed by atoms with Gasteiger partial charge in [0.25, 0.3) is 11.6 Å². The van der Waals surface area contributed by atoms with Crippen molar-refractivity contribution in [3.63, 3.8) is 0 Å². The van der Waals surface area contributed by atoms with Gasteiger partial charge in [0, 0.05) is 17.8 Å². The van der Waals surface area contributed by atoms with Crippen molar-refractivity contribution in [3.05, 3.63) is 87.4 Å². The Hall–Kier alpha value is -4.25. The van der Waals surface area contributed by atoms with Crippen molar-refractivity contribution < 1.29 is 18.5 Å². The molecule has 7 nitrogen and oxygen atoms in total. The number of carbonyl (C=O) groups is 1. The molecule has 1 aromatic heterocycles. The fourth-order valence-electron chi connectivity index (χ4n) is 2.63. The van der Waals surface area contributed by atoms with Gasteiger partial charge in [-0.1, -0.05) is 12.1 Å². The molecule has 0 saturated carbocycles. The fourth-order valence-corrected chi connectivity index (χ4v) is 2.63. The number of hydrogen-bond donors (Lipinski definition) is 1. The van der Waals surface area contributed by atoms with Crippen molar-refractivity contribution in [2.45, 2.75) is 6.92 Å². The van der Waals surface area contributed by atoms with Crippen LogP contribution < -0.4 is 5.32 Å². The molecule has 1 amide bonds. The van der Waals surface area contributed by atoms with Crippen LogP contribution in [0.4, 0.5) is 15.8 Å². The van der Waals surface area contributed by atoms with Gasteiger partial charge in [-0.15, -0.1) is 0 Å². The number of nitro groups is 1. The van der Waals surface area contributed by atoms with Crippen LogP contribution in [0.3, 0.4) is 0 Å². The molecule has 8 heteroatoms. The van der Waals surface area contributed by atoms with Crippen molar-refractivity contribution in [1.29, 1.82) is 5.26 Å². The Morgan fingerprint density at radius 3 is 2.72 bits per heavy atom. The normalized spacial score (nSPS) is 11.0. The Bertz CT molecular complexity index is 1170. The highest BCUT2D eigenvalue weighted by molar-refractivity contribution is 6.09. The summed E-state index contributed by atoms with van der Waals surface area (Å²) in [5, 5.41) is 23.0. The number of nitro benzene ring substituents is 1. The molecule has 0 radical (unpaired) electrons. The molecule has 0 fully saturated rings. The Labute approximate surface area is 164 Å². The van der Waals surface area contributed by atoms with Gasteiger partial charge < -0.3 is 9.73 Å². The van der Waals surface area contributed by atoms with Gasteiger partial charge in [0.05, 0.1) is 10.5 Å². The lowest BCUT2D eigenvalue weighted by Crippen LogP contribution is -2.13. The topological polar surface area (TPSA) is 109 Å². The smallest absolute Gasteiger partial charge is 0.280 e. The molecular formula is C21H14FN3O4. The summed E-state index contributed by atoms with van der Waals surface area (Å²) in [6, 6.07) is 14.7. The van der Waals surface area contributed by atoms with Crippen LogP contribution in [-0.2, 0) is 4.79 Å². The standard InChI is InChI=1S/C21H14FN3O4/c1-13-5-7-18(19(9-13)25(27)28)20-8-6-17(29-20)10-14(12-23)21(26)24-16-4-2-3-15(22)11-16/h2-11H,1H3,(H,24,26)/b14-10+. The van der Waals surface area contributed by atoms with E-state index in [1.54, 1.807) is 25.1 Å². The highest BCUT2D eigenvalue weighted by atomic mass is 19.1. The Balaban J connectivity index is 1.87. The van der Waals surface area contributed by atoms with Crippen LogP contribution in [-0.4, -0.2) is 10.8 Å². The average molecular weight is 391 g/mol. The van der Waals surface area contributed by atoms with Gasteiger partial charge in [-0.3, -0.25) is 14.9 Å². The fraction of sp³-hybridized carbons (Fsp3) is 0.0476. The van der Waals surface area contributed by atoms with Gasteiger partial charge in [-0.05, 0) is 48.9 Å². The summed E-state index contributed by atoms with van der Waals surface area (Å²) in [7, 11) is 0. The van der Waals surface area contributed by atoms with Crippen LogP contribution in [0.15, 0.2) is 64.6 Å². The number of rotatable bonds is 5. The second-order valence-corrected chi connectivity index (χ2v) is 6.11. The maximum absolute atomic E-state index is 13.2. The lowest BCUT2D eigenvalue weighted by molar-refractivity contribution is -0.384. The van der Waals surface area contributed by atoms with Crippen molar-refractivity contribution in [2.75, 3.05) is 5.32 Å². The third-order valence-corrected chi connectivity index (χ3v) is 3.98. The minimum atomic E-state index is -0.739. The predicted octanol–water partition coefficient (Wildman–Crippen LogP) is 4.85. The van der Waals surface area contributed by atoms with Gasteiger partial charge >= 0.3 is 0 Å². The minimum absolute atomic E-state index is 0.112. The molecule has 0 aliphatic rings. The van der Waals surface area contributed by atoms with E-state index in [4.69, 9.17) is 4.42 Å². The molecule has 2 aromatic carbocycles. The first kappa shape index (κ1) is 19.5. The van der Waals surface area contributed by atoms with Gasteiger partial charge in [0.15, 0.2) is 0 Å². The zero-order chi connectivity index (χ0) is 21.0. The second kappa shape index (κ2) is 8.19. The van der Waals surface area contributed by atoms with Crippen LogP contribution >= 0.6 is 0 Å². The SMILES string of the molecule is Cc1ccc(-c2ccc(/C=C(\C#N)C(=O)Nc3cccc(F)c3)o2)c([N+](=O)[O-])c1. The zero-order valence-electron chi connectivity index (χ0n) is 15.2. The van der Waals surface area contributed by atoms with Gasteiger partial charge in [0.2, 0.25) is 0 Å². The Morgan fingerprint density at radius 1 is 1.24 bits per heavy atom. The van der Waals surface area contributed by atoms with Crippen LogP contribution in [0, 0.1) is 34.2 Å². The van der Waals surface area contributed by atoms with E-state index in [0.29, 0.717) is 0 Å². The number of hydrogen-bond acceptors (Lipinski definition) is 5. The van der Waals surface area contributed by atoms with E-state index in [0.717, 1.165) is 11.6 Å². The van der Waals surface area contributed by atoms with Crippen LogP contribution in [0.25, 0.3) is 17.4 Å². The van der Waals surface area contributed by atoms with E-state index in [1.165, 1.54) is 42.5 Å². The van der Waals surface area contributed by atoms with Crippen molar-refractivity contribution in [2.24, 2.45) is 0 Å². The monoisotopic (exact) mass is 391 g/mol. The molecular weight excluding hydrogens is 377 g/mol. The molecule has 0 bridgehead atoms. The number of anilines is 1. The molecule has 0 aliphatic heterocycles. The lowest BCUT2D eigenvalue weighted by Gasteiger charge is -2.03. The average Bonchev–Trinajstić information content (AvgIpc) is 3.14. The largest absolute Gasteiger partial charge is 0.456 e. The molecule has 0 saturated heterocycles. The maximum atomic E-state index is 13.2. The van der Waals surface area contributed by atoms with E-state index < -0.39 is 16.6 Å². The van der Waals surface area contributed by atoms with Crippen LogP contribution in [0.2, 0.25) is 0 Å². The van der Waals surface area contributed by atoms with Crippen LogP contribution in [0.1, 0.15) is 11.3 Å². The molecule has 3 aromatic rings. The number of nitriles is 1. The summed E-state index contributed by atoms with van der Waals surface area (Å²) in [4.78, 5) is 23.0. The lowest BCUT2D eigenvalue weighted by atomic mass is 10.1. The summed E-state index contributed by atoms with van der Waals surface area (Å²) in [6.07, 6.45) is 1.21. The summed E-state index contributed by atoms with van der Waals surface area (Å²) in [6.45, 7) is 1.74. The van der Waals surface area contributed by atoms with E-state index in [-0.39, 0.29) is 34.0 Å². The maximum Gasteiger partial charge on any atom is 0.280 e. The number of carbonyl (C=O) groups excluding carboxylic acids is 1. The molecule has 0 unspecified atom stereocenters. The molecule has 1 heterocycles. The second-order valence-electron chi connectivity index (χ2n) is 6.11. The minimum Gasteiger partial charge on any atom is -0.456 e. The highest BCUT2D eigenvalue weighted by Crippen LogP contribution is 2.32. The van der Waals surface area contributed by atoms with Gasteiger partial charge in [-0.25, -0.2) is 4.39 Å². The van der Waals surface area contributed by atoms with E-state index in [1.807, 2.05) is 0 Å². The number of amides is 1. The third kappa shape index (κ3) is 4.54. The zero-order valence-corrected chi connectivity index (χ0v) is 15.2. The first-order valence-electron chi connectivity index (χ1n) is 8.41. The molecule has 29 heavy (non-hydrogen) atoms. The van der Waals surface area contributed by atoms with Crippen LogP contribution in [0.5, 0.6) is 0 Å². The number of aryl methyl sites for hydroxylation is 1. The summed E-state index contributed by atoms with van der Waals surface area (Å²) >= 11 is 0. The number of furan rings is 1. The summed E-state index contributed by atoms with van der Waals surface area (Å²) in [5.41, 5.74) is 0.829. The first-order chi connectivity index (χ1) is 13.9. The Kier molecular flexibility index (Phi) is 5.51.